The maximum Gasteiger partial charge on any atom is 2.00 e. The Morgan fingerprint density at radius 2 is 1.07 bits per heavy atom. The van der Waals surface area contributed by atoms with E-state index in [1.54, 1.807) is 30.5 Å². The minimum absolute atomic E-state index is 0. The van der Waals surface area contributed by atoms with E-state index in [9.17, 15) is 13.2 Å². The number of pyridine rings is 2. The molecule has 60 heavy (non-hydrogen) atoms. The molecular formula is C44H27Cl2CuF3N6O4. The Bertz CT molecular complexity index is 2850. The molecule has 2 aliphatic heterocycles. The molecule has 10 nitrogen and oxygen atoms in total. The average Bonchev–Trinajstić information content (AvgIpc) is 4.04. The van der Waals surface area contributed by atoms with Crippen molar-refractivity contribution < 1.29 is 48.5 Å². The van der Waals surface area contributed by atoms with Crippen LogP contribution in [0.15, 0.2) is 142 Å². The smallest absolute Gasteiger partial charge is 0.624 e. The number of ether oxygens (including phenoxy) is 2. The van der Waals surface area contributed by atoms with Gasteiger partial charge in [-0.15, -0.1) is 0 Å². The van der Waals surface area contributed by atoms with Crippen LogP contribution in [0.5, 0.6) is 11.5 Å². The number of para-hydroxylation sites is 8. The van der Waals surface area contributed by atoms with Crippen LogP contribution in [-0.4, -0.2) is 19.9 Å². The molecule has 6 heterocycles. The van der Waals surface area contributed by atoms with Gasteiger partial charge in [0.25, 0.3) is 0 Å². The fourth-order valence-electron chi connectivity index (χ4n) is 6.27. The summed E-state index contributed by atoms with van der Waals surface area (Å²) in [6, 6.07) is 32.3. The number of benzene rings is 4. The van der Waals surface area contributed by atoms with Crippen molar-refractivity contribution in [3.8, 4) is 11.5 Å². The first-order valence-corrected chi connectivity index (χ1v) is 18.8. The van der Waals surface area contributed by atoms with Gasteiger partial charge in [0, 0.05) is 48.1 Å². The minimum atomic E-state index is -4.54. The van der Waals surface area contributed by atoms with Crippen LogP contribution < -0.4 is 9.47 Å². The van der Waals surface area contributed by atoms with Crippen LogP contribution in [0.4, 0.5) is 24.5 Å². The molecule has 4 aromatic carbocycles. The van der Waals surface area contributed by atoms with E-state index < -0.39 is 11.7 Å². The second kappa shape index (κ2) is 16.7. The number of allylic oxidation sites excluding steroid dienone is 2. The topological polar surface area (TPSA) is 125 Å². The summed E-state index contributed by atoms with van der Waals surface area (Å²) in [6.07, 6.45) is -1.61. The maximum absolute atomic E-state index is 13.0. The standard InChI is InChI=1S/C22H12ClF3N3O2.C22H15ClN3O2.Cu/c23-14-9-12(22(24,25)26)11-27-17(14)10-13(20-28-15-5-1-3-7-18(15)30-20)21-29-16-6-2-4-8-19(16)31-21;1-13-10-15(23)18(24-12-13)11-14(21-25-16-6-2-4-8-19(16)27-21)22-26-17-7-3-5-9-20(17)28-22;/h1-9,11H,10H2;2-10,12H,11H2,1H3;/q2*-1;+2/b20-13+;21-14+;. The Kier molecular flexibility index (Phi) is 11.3. The van der Waals surface area contributed by atoms with Crippen molar-refractivity contribution in [2.75, 3.05) is 0 Å². The van der Waals surface area contributed by atoms with E-state index in [0.29, 0.717) is 73.9 Å². The number of halogens is 5. The number of hydrogen-bond donors (Lipinski definition) is 0. The molecule has 4 aromatic heterocycles. The van der Waals surface area contributed by atoms with Gasteiger partial charge in [0.2, 0.25) is 11.8 Å². The predicted molar refractivity (Wildman–Crippen MR) is 218 cm³/mol. The van der Waals surface area contributed by atoms with E-state index in [2.05, 4.69) is 30.6 Å². The van der Waals surface area contributed by atoms with Crippen molar-refractivity contribution in [2.45, 2.75) is 25.9 Å². The number of nitrogens with zero attached hydrogens (tertiary/aromatic N) is 6. The summed E-state index contributed by atoms with van der Waals surface area (Å²) in [5.41, 5.74) is 6.17. The SMILES string of the molecule is Cc1cnc(C/C(=C2/[N-]c3ccccc3O2)c2nc3ccccc3o2)c(Cl)c1.FC(F)(F)c1cnc(C/C(=C2/[N-]c3ccccc3O2)c2nc3ccccc3o2)c(Cl)c1.[Cu+2]. The number of oxazole rings is 2. The summed E-state index contributed by atoms with van der Waals surface area (Å²) >= 11 is 12.6. The summed E-state index contributed by atoms with van der Waals surface area (Å²) in [5, 5.41) is 9.58. The quantitative estimate of drug-likeness (QED) is 0.151. The number of rotatable bonds is 6. The Labute approximate surface area is 360 Å². The van der Waals surface area contributed by atoms with Crippen LogP contribution in [0.1, 0.15) is 34.3 Å². The molecule has 10 rings (SSSR count). The van der Waals surface area contributed by atoms with Crippen LogP contribution in [-0.2, 0) is 36.1 Å². The van der Waals surface area contributed by atoms with Crippen molar-refractivity contribution in [1.29, 1.82) is 0 Å². The fourth-order valence-corrected chi connectivity index (χ4v) is 6.79. The molecular weight excluding hydrogens is 868 g/mol. The van der Waals surface area contributed by atoms with Crippen molar-refractivity contribution in [3.05, 3.63) is 188 Å². The molecule has 0 aliphatic carbocycles. The first kappa shape index (κ1) is 40.5. The molecule has 303 valence electrons. The van der Waals surface area contributed by atoms with E-state index in [1.807, 2.05) is 85.8 Å². The minimum Gasteiger partial charge on any atom is -0.624 e. The second-order valence-corrected chi connectivity index (χ2v) is 14.2. The second-order valence-electron chi connectivity index (χ2n) is 13.3. The van der Waals surface area contributed by atoms with Gasteiger partial charge in [-0.1, -0.05) is 95.2 Å². The van der Waals surface area contributed by atoms with Crippen molar-refractivity contribution >= 4 is 67.9 Å². The van der Waals surface area contributed by atoms with E-state index in [4.69, 9.17) is 41.5 Å². The predicted octanol–water partition coefficient (Wildman–Crippen LogP) is 13.1. The Balaban J connectivity index is 0.000000164. The molecule has 0 spiro atoms. The summed E-state index contributed by atoms with van der Waals surface area (Å²) in [5.74, 6) is 2.61. The molecule has 1 radical (unpaired) electrons. The molecule has 0 unspecified atom stereocenters. The van der Waals surface area contributed by atoms with Gasteiger partial charge < -0.3 is 28.9 Å². The van der Waals surface area contributed by atoms with Crippen LogP contribution >= 0.6 is 23.2 Å². The molecule has 0 bridgehead atoms. The van der Waals surface area contributed by atoms with Gasteiger partial charge >= 0.3 is 23.2 Å². The van der Waals surface area contributed by atoms with E-state index in [-0.39, 0.29) is 46.0 Å². The Morgan fingerprint density at radius 1 is 0.617 bits per heavy atom. The van der Waals surface area contributed by atoms with Gasteiger partial charge in [-0.2, -0.15) is 13.2 Å². The normalized spacial score (nSPS) is 14.4. The van der Waals surface area contributed by atoms with Gasteiger partial charge in [-0.05, 0) is 61.0 Å². The summed E-state index contributed by atoms with van der Waals surface area (Å²) in [4.78, 5) is 17.5. The van der Waals surface area contributed by atoms with Gasteiger partial charge in [-0.25, -0.2) is 9.97 Å². The number of hydrogen-bond acceptors (Lipinski definition) is 8. The first-order valence-electron chi connectivity index (χ1n) is 18.0. The van der Waals surface area contributed by atoms with Gasteiger partial charge in [0.1, 0.15) is 22.5 Å². The first-order chi connectivity index (χ1) is 28.6. The zero-order valence-electron chi connectivity index (χ0n) is 31.0. The van der Waals surface area contributed by atoms with Crippen molar-refractivity contribution in [2.24, 2.45) is 0 Å². The third-order valence-electron chi connectivity index (χ3n) is 9.20. The van der Waals surface area contributed by atoms with E-state index in [1.165, 1.54) is 0 Å². The van der Waals surface area contributed by atoms with Crippen LogP contribution in [0, 0.1) is 6.92 Å². The van der Waals surface area contributed by atoms with Crippen molar-refractivity contribution in [1.82, 2.24) is 19.9 Å². The van der Waals surface area contributed by atoms with E-state index in [0.717, 1.165) is 29.0 Å². The number of aromatic nitrogens is 4. The number of alkyl halides is 3. The molecule has 8 aromatic rings. The van der Waals surface area contributed by atoms with Gasteiger partial charge in [0.05, 0.1) is 27.0 Å². The molecule has 2 aliphatic rings. The van der Waals surface area contributed by atoms with E-state index >= 15 is 0 Å². The molecule has 0 amide bonds. The monoisotopic (exact) mass is 893 g/mol. The maximum atomic E-state index is 13.0. The summed E-state index contributed by atoms with van der Waals surface area (Å²) < 4.78 is 62.7. The zero-order chi connectivity index (χ0) is 40.7. The van der Waals surface area contributed by atoms with Gasteiger partial charge in [0.15, 0.2) is 11.2 Å². The van der Waals surface area contributed by atoms with Crippen LogP contribution in [0.2, 0.25) is 10.0 Å². The average molecular weight is 895 g/mol. The Morgan fingerprint density at radius 3 is 1.52 bits per heavy atom. The van der Waals surface area contributed by atoms with Crippen LogP contribution in [0.25, 0.3) is 44.0 Å². The van der Waals surface area contributed by atoms with Crippen molar-refractivity contribution in [3.63, 3.8) is 0 Å². The zero-order valence-corrected chi connectivity index (χ0v) is 33.4. The third kappa shape index (κ3) is 8.41. The molecule has 0 saturated carbocycles. The molecule has 0 saturated heterocycles. The molecule has 16 heteroatoms. The van der Waals surface area contributed by atoms with Gasteiger partial charge in [-0.3, -0.25) is 9.97 Å². The fraction of sp³-hybridized carbons (Fsp3) is 0.0909. The van der Waals surface area contributed by atoms with Crippen LogP contribution in [0.3, 0.4) is 0 Å². The number of aryl methyl sites for hydroxylation is 1. The largest absolute Gasteiger partial charge is 2.00 e. The third-order valence-corrected chi connectivity index (χ3v) is 9.85. The Hall–Kier alpha value is -6.31. The molecule has 0 atom stereocenters. The molecule has 0 fully saturated rings. The number of fused-ring (bicyclic) bond motifs is 4. The summed E-state index contributed by atoms with van der Waals surface area (Å²) in [6.45, 7) is 1.95. The molecule has 0 N–H and O–H groups in total. The summed E-state index contributed by atoms with van der Waals surface area (Å²) in [7, 11) is 0.